The second-order valence-corrected chi connectivity index (χ2v) is 5.37. The molecule has 1 heterocycles. The predicted molar refractivity (Wildman–Crippen MR) is 78.0 cm³/mol. The second kappa shape index (κ2) is 7.29. The molecule has 0 unspecified atom stereocenters. The Balaban J connectivity index is 1.75. The minimum atomic E-state index is 0.299. The van der Waals surface area contributed by atoms with Gasteiger partial charge >= 0.3 is 0 Å². The van der Waals surface area contributed by atoms with E-state index in [0.29, 0.717) is 12.3 Å². The largest absolute Gasteiger partial charge is 0.343 e. The summed E-state index contributed by atoms with van der Waals surface area (Å²) < 4.78 is 0. The maximum atomic E-state index is 11.9. The van der Waals surface area contributed by atoms with Gasteiger partial charge in [0.25, 0.3) is 0 Å². The van der Waals surface area contributed by atoms with E-state index < -0.39 is 0 Å². The number of rotatable bonds is 5. The highest BCUT2D eigenvalue weighted by Crippen LogP contribution is 2.21. The maximum Gasteiger partial charge on any atom is 0.223 e. The second-order valence-electron chi connectivity index (χ2n) is 5.37. The zero-order valence-corrected chi connectivity index (χ0v) is 11.8. The summed E-state index contributed by atoms with van der Waals surface area (Å²) >= 11 is 0. The fourth-order valence-corrected chi connectivity index (χ4v) is 2.72. The van der Waals surface area contributed by atoms with Gasteiger partial charge in [0.2, 0.25) is 5.91 Å². The van der Waals surface area contributed by atoms with E-state index in [-0.39, 0.29) is 0 Å². The molecule has 0 atom stereocenters. The molecule has 1 aromatic rings. The lowest BCUT2D eigenvalue weighted by atomic mass is 9.90. The van der Waals surface area contributed by atoms with Crippen molar-refractivity contribution in [2.45, 2.75) is 25.7 Å². The number of likely N-dealkylation sites (tertiary alicyclic amines) is 1. The van der Waals surface area contributed by atoms with Gasteiger partial charge in [0.05, 0.1) is 0 Å². The molecule has 104 valence electrons. The smallest absolute Gasteiger partial charge is 0.223 e. The molecule has 0 radical (unpaired) electrons. The van der Waals surface area contributed by atoms with Crippen molar-refractivity contribution in [2.24, 2.45) is 5.92 Å². The lowest BCUT2D eigenvalue weighted by Gasteiger charge is -2.32. The van der Waals surface area contributed by atoms with Gasteiger partial charge in [-0.1, -0.05) is 30.3 Å². The average Bonchev–Trinajstić information content (AvgIpc) is 2.46. The third-order valence-electron chi connectivity index (χ3n) is 3.92. The van der Waals surface area contributed by atoms with Gasteiger partial charge in [-0.25, -0.2) is 0 Å². The van der Waals surface area contributed by atoms with E-state index in [9.17, 15) is 4.79 Å². The Labute approximate surface area is 116 Å². The van der Waals surface area contributed by atoms with Gasteiger partial charge in [-0.05, 0) is 37.8 Å². The fourth-order valence-electron chi connectivity index (χ4n) is 2.72. The van der Waals surface area contributed by atoms with Crippen molar-refractivity contribution >= 4 is 5.91 Å². The van der Waals surface area contributed by atoms with Crippen LogP contribution in [0.25, 0.3) is 0 Å². The summed E-state index contributed by atoms with van der Waals surface area (Å²) in [5.74, 6) is 1.03. The zero-order chi connectivity index (χ0) is 13.5. The first-order chi connectivity index (χ1) is 9.29. The van der Waals surface area contributed by atoms with Crippen LogP contribution in [0.2, 0.25) is 0 Å². The van der Waals surface area contributed by atoms with E-state index in [1.807, 2.05) is 11.9 Å². The van der Waals surface area contributed by atoms with Crippen molar-refractivity contribution in [3.63, 3.8) is 0 Å². The molecular formula is C16H24N2O. The van der Waals surface area contributed by atoms with Crippen LogP contribution < -0.4 is 5.32 Å². The molecule has 1 amide bonds. The van der Waals surface area contributed by atoms with Gasteiger partial charge < -0.3 is 10.2 Å². The molecule has 0 aliphatic carbocycles. The minimum Gasteiger partial charge on any atom is -0.343 e. The third kappa shape index (κ3) is 4.35. The Bertz CT molecular complexity index is 383. The number of carbonyl (C=O) groups excluding carboxylic acids is 1. The van der Waals surface area contributed by atoms with Crippen LogP contribution >= 0.6 is 0 Å². The summed E-state index contributed by atoms with van der Waals surface area (Å²) in [7, 11) is 1.89. The summed E-state index contributed by atoms with van der Waals surface area (Å²) in [6.45, 7) is 2.64. The molecule has 3 nitrogen and oxygen atoms in total. The van der Waals surface area contributed by atoms with Crippen LogP contribution in [0.3, 0.4) is 0 Å². The molecule has 0 spiro atoms. The molecule has 0 bridgehead atoms. The lowest BCUT2D eigenvalue weighted by Crippen LogP contribution is -2.39. The predicted octanol–water partition coefficient (Wildman–Crippen LogP) is 2.08. The van der Waals surface area contributed by atoms with E-state index >= 15 is 0 Å². The monoisotopic (exact) mass is 260 g/mol. The normalized spacial score (nSPS) is 16.6. The molecule has 1 fully saturated rings. The first kappa shape index (κ1) is 14.1. The van der Waals surface area contributed by atoms with Crippen molar-refractivity contribution in [3.8, 4) is 0 Å². The molecule has 1 N–H and O–H groups in total. The molecule has 0 aromatic heterocycles. The van der Waals surface area contributed by atoms with Crippen LogP contribution in [0.1, 0.15) is 24.8 Å². The summed E-state index contributed by atoms with van der Waals surface area (Å²) in [6.07, 6.45) is 4.06. The highest BCUT2D eigenvalue weighted by atomic mass is 16.2. The molecule has 1 aliphatic rings. The Morgan fingerprint density at radius 2 is 1.95 bits per heavy atom. The first-order valence-corrected chi connectivity index (χ1v) is 7.26. The Hall–Kier alpha value is -1.35. The molecule has 2 rings (SSSR count). The molecular weight excluding hydrogens is 236 g/mol. The topological polar surface area (TPSA) is 32.3 Å². The maximum absolute atomic E-state index is 11.9. The van der Waals surface area contributed by atoms with Crippen molar-refractivity contribution in [2.75, 3.05) is 26.7 Å². The molecule has 1 aliphatic heterocycles. The van der Waals surface area contributed by atoms with Gasteiger partial charge in [0.1, 0.15) is 0 Å². The molecule has 3 heteroatoms. The fraction of sp³-hybridized carbons (Fsp3) is 0.562. The van der Waals surface area contributed by atoms with E-state index in [1.54, 1.807) is 0 Å². The number of carbonyl (C=O) groups is 1. The summed E-state index contributed by atoms with van der Waals surface area (Å²) in [6, 6.07) is 10.7. The Kier molecular flexibility index (Phi) is 5.40. The number of amides is 1. The quantitative estimate of drug-likeness (QED) is 0.879. The van der Waals surface area contributed by atoms with Gasteiger partial charge in [-0.2, -0.15) is 0 Å². The highest BCUT2D eigenvalue weighted by molar-refractivity contribution is 5.76. The van der Waals surface area contributed by atoms with Gasteiger partial charge in [0, 0.05) is 26.1 Å². The number of piperidine rings is 1. The average molecular weight is 260 g/mol. The highest BCUT2D eigenvalue weighted by Gasteiger charge is 2.22. The van der Waals surface area contributed by atoms with E-state index in [1.165, 1.54) is 5.56 Å². The van der Waals surface area contributed by atoms with Crippen LogP contribution in [-0.2, 0) is 11.2 Å². The standard InChI is InChI=1S/C16H24N2O/c1-17-10-7-16(19)18-11-8-15(9-12-18)13-14-5-3-2-4-6-14/h2-6,15,17H,7-13H2,1H3. The SMILES string of the molecule is CNCCC(=O)N1CCC(Cc2ccccc2)CC1. The summed E-state index contributed by atoms with van der Waals surface area (Å²) in [5, 5.41) is 3.03. The zero-order valence-electron chi connectivity index (χ0n) is 11.8. The summed E-state index contributed by atoms with van der Waals surface area (Å²) in [5.41, 5.74) is 1.42. The number of benzene rings is 1. The van der Waals surface area contributed by atoms with E-state index in [0.717, 1.165) is 44.8 Å². The molecule has 1 saturated heterocycles. The number of nitrogens with one attached hydrogen (secondary N) is 1. The van der Waals surface area contributed by atoms with E-state index in [2.05, 4.69) is 35.6 Å². The third-order valence-corrected chi connectivity index (χ3v) is 3.92. The van der Waals surface area contributed by atoms with Crippen LogP contribution in [0.5, 0.6) is 0 Å². The van der Waals surface area contributed by atoms with Crippen molar-refractivity contribution < 1.29 is 4.79 Å². The number of hydrogen-bond donors (Lipinski definition) is 1. The van der Waals surface area contributed by atoms with E-state index in [4.69, 9.17) is 0 Å². The lowest BCUT2D eigenvalue weighted by molar-refractivity contribution is -0.132. The number of hydrogen-bond acceptors (Lipinski definition) is 2. The minimum absolute atomic E-state index is 0.299. The van der Waals surface area contributed by atoms with Crippen molar-refractivity contribution in [3.05, 3.63) is 35.9 Å². The van der Waals surface area contributed by atoms with Crippen LogP contribution in [0.4, 0.5) is 0 Å². The van der Waals surface area contributed by atoms with Crippen molar-refractivity contribution in [1.29, 1.82) is 0 Å². The Morgan fingerprint density at radius 1 is 1.26 bits per heavy atom. The molecule has 1 aromatic carbocycles. The molecule has 0 saturated carbocycles. The Morgan fingerprint density at radius 3 is 2.58 bits per heavy atom. The summed E-state index contributed by atoms with van der Waals surface area (Å²) in [4.78, 5) is 13.9. The van der Waals surface area contributed by atoms with Crippen LogP contribution in [0.15, 0.2) is 30.3 Å². The van der Waals surface area contributed by atoms with Crippen LogP contribution in [0, 0.1) is 5.92 Å². The van der Waals surface area contributed by atoms with Gasteiger partial charge in [-0.15, -0.1) is 0 Å². The first-order valence-electron chi connectivity index (χ1n) is 7.26. The molecule has 19 heavy (non-hydrogen) atoms. The van der Waals surface area contributed by atoms with Gasteiger partial charge in [-0.3, -0.25) is 4.79 Å². The van der Waals surface area contributed by atoms with Crippen molar-refractivity contribution in [1.82, 2.24) is 10.2 Å². The number of nitrogens with zero attached hydrogens (tertiary/aromatic N) is 1. The van der Waals surface area contributed by atoms with Gasteiger partial charge in [0.15, 0.2) is 0 Å². The van der Waals surface area contributed by atoms with Crippen LogP contribution in [-0.4, -0.2) is 37.5 Å².